The summed E-state index contributed by atoms with van der Waals surface area (Å²) in [7, 11) is 3.95. The topological polar surface area (TPSA) is 28.6 Å². The highest BCUT2D eigenvalue weighted by Crippen LogP contribution is 2.28. The molecule has 5 heteroatoms. The van der Waals surface area contributed by atoms with Crippen LogP contribution in [0.25, 0.3) is 11.3 Å². The quantitative estimate of drug-likeness (QED) is 0.766. The third-order valence-electron chi connectivity index (χ3n) is 4.63. The summed E-state index contributed by atoms with van der Waals surface area (Å²) < 4.78 is 5.21. The lowest BCUT2D eigenvalue weighted by Gasteiger charge is -2.34. The fourth-order valence-electron chi connectivity index (χ4n) is 3.37. The molecule has 1 atom stereocenters. The predicted octanol–water partition coefficient (Wildman–Crippen LogP) is 3.60. The lowest BCUT2D eigenvalue weighted by Crippen LogP contribution is -2.41. The molecule has 0 saturated carbocycles. The predicted molar refractivity (Wildman–Crippen MR) is 102 cm³/mol. The molecule has 0 N–H and O–H groups in total. The molecule has 1 aliphatic heterocycles. The molecule has 0 bridgehead atoms. The van der Waals surface area contributed by atoms with Gasteiger partial charge in [-0.05, 0) is 25.3 Å². The van der Waals surface area contributed by atoms with Crippen LogP contribution in [-0.2, 0) is 4.74 Å². The van der Waals surface area contributed by atoms with Crippen LogP contribution in [0.3, 0.4) is 0 Å². The van der Waals surface area contributed by atoms with E-state index in [9.17, 15) is 0 Å². The van der Waals surface area contributed by atoms with E-state index < -0.39 is 0 Å². The first-order chi connectivity index (χ1) is 11.8. The van der Waals surface area contributed by atoms with E-state index >= 15 is 0 Å². The number of aromatic nitrogens is 1. The van der Waals surface area contributed by atoms with Crippen LogP contribution in [0, 0.1) is 5.92 Å². The second-order valence-electron chi connectivity index (χ2n) is 6.56. The summed E-state index contributed by atoms with van der Waals surface area (Å²) in [6.45, 7) is 5.33. The Balaban J connectivity index is 1.57. The maximum atomic E-state index is 5.21. The highest BCUT2D eigenvalue weighted by Gasteiger charge is 2.21. The van der Waals surface area contributed by atoms with Gasteiger partial charge in [0.2, 0.25) is 0 Å². The maximum absolute atomic E-state index is 5.21. The molecule has 3 rings (SSSR count). The van der Waals surface area contributed by atoms with Gasteiger partial charge in [0.1, 0.15) is 0 Å². The van der Waals surface area contributed by atoms with Crippen LogP contribution in [-0.4, -0.2) is 56.8 Å². The molecule has 0 aliphatic carbocycles. The van der Waals surface area contributed by atoms with E-state index in [4.69, 9.17) is 9.72 Å². The number of nitrogens with zero attached hydrogens (tertiary/aromatic N) is 3. The van der Waals surface area contributed by atoms with Crippen molar-refractivity contribution in [1.82, 2.24) is 9.88 Å². The molecule has 4 nitrogen and oxygen atoms in total. The van der Waals surface area contributed by atoms with Crippen molar-refractivity contribution >= 4 is 16.5 Å². The standard InChI is InChI=1S/C19H27N3OS/c1-21(13-16-7-6-10-22(14-16)11-12-23-2)19-20-18(15-24-19)17-8-4-3-5-9-17/h3-5,8-9,15-16H,6-7,10-14H2,1-2H3/t16-/m1/s1. The van der Waals surface area contributed by atoms with E-state index in [-0.39, 0.29) is 0 Å². The number of anilines is 1. The van der Waals surface area contributed by atoms with Gasteiger partial charge in [-0.2, -0.15) is 0 Å². The maximum Gasteiger partial charge on any atom is 0.185 e. The van der Waals surface area contributed by atoms with Crippen molar-refractivity contribution in [2.75, 3.05) is 51.8 Å². The molecule has 1 saturated heterocycles. The Kier molecular flexibility index (Phi) is 6.24. The molecule has 2 heterocycles. The largest absolute Gasteiger partial charge is 0.383 e. The first-order valence-corrected chi connectivity index (χ1v) is 9.57. The second-order valence-corrected chi connectivity index (χ2v) is 7.40. The average Bonchev–Trinajstić information content (AvgIpc) is 3.11. The van der Waals surface area contributed by atoms with Crippen molar-refractivity contribution in [1.29, 1.82) is 0 Å². The van der Waals surface area contributed by atoms with Crippen LogP contribution in [0.5, 0.6) is 0 Å². The van der Waals surface area contributed by atoms with Crippen molar-refractivity contribution in [2.24, 2.45) is 5.92 Å². The van der Waals surface area contributed by atoms with Crippen LogP contribution in [0.15, 0.2) is 35.7 Å². The number of thiazole rings is 1. The summed E-state index contributed by atoms with van der Waals surface area (Å²) in [5.41, 5.74) is 2.27. The number of benzene rings is 1. The number of hydrogen-bond donors (Lipinski definition) is 0. The normalized spacial score (nSPS) is 18.7. The van der Waals surface area contributed by atoms with Gasteiger partial charge in [-0.3, -0.25) is 0 Å². The van der Waals surface area contributed by atoms with Gasteiger partial charge in [0, 0.05) is 44.7 Å². The zero-order valence-electron chi connectivity index (χ0n) is 14.6. The van der Waals surface area contributed by atoms with E-state index in [0.29, 0.717) is 5.92 Å². The van der Waals surface area contributed by atoms with Crippen LogP contribution in [0.2, 0.25) is 0 Å². The molecule has 0 unspecified atom stereocenters. The summed E-state index contributed by atoms with van der Waals surface area (Å²) in [5.74, 6) is 0.713. The molecule has 1 aromatic carbocycles. The minimum absolute atomic E-state index is 0.713. The Labute approximate surface area is 149 Å². The molecular weight excluding hydrogens is 318 g/mol. The fourth-order valence-corrected chi connectivity index (χ4v) is 4.18. The Bertz CT molecular complexity index is 616. The molecule has 1 aliphatic rings. The molecule has 2 aromatic rings. The number of ether oxygens (including phenoxy) is 1. The van der Waals surface area contributed by atoms with Gasteiger partial charge >= 0.3 is 0 Å². The smallest absolute Gasteiger partial charge is 0.185 e. The van der Waals surface area contributed by atoms with Gasteiger partial charge in [-0.25, -0.2) is 4.98 Å². The van der Waals surface area contributed by atoms with Crippen molar-refractivity contribution in [3.63, 3.8) is 0 Å². The number of piperidine rings is 1. The van der Waals surface area contributed by atoms with Crippen LogP contribution < -0.4 is 4.90 Å². The molecule has 0 radical (unpaired) electrons. The van der Waals surface area contributed by atoms with Gasteiger partial charge in [0.25, 0.3) is 0 Å². The zero-order valence-corrected chi connectivity index (χ0v) is 15.5. The Morgan fingerprint density at radius 1 is 1.33 bits per heavy atom. The minimum atomic E-state index is 0.713. The molecule has 130 valence electrons. The SMILES string of the molecule is COCCN1CCC[C@H](CN(C)c2nc(-c3ccccc3)cs2)C1. The lowest BCUT2D eigenvalue weighted by atomic mass is 9.98. The summed E-state index contributed by atoms with van der Waals surface area (Å²) in [4.78, 5) is 9.68. The number of rotatable bonds is 7. The third-order valence-corrected chi connectivity index (χ3v) is 5.59. The van der Waals surface area contributed by atoms with E-state index in [1.807, 2.05) is 6.07 Å². The first-order valence-electron chi connectivity index (χ1n) is 8.69. The summed E-state index contributed by atoms with van der Waals surface area (Å²) in [6, 6.07) is 10.4. The van der Waals surface area contributed by atoms with Gasteiger partial charge in [0.15, 0.2) is 5.13 Å². The summed E-state index contributed by atoms with van der Waals surface area (Å²) in [5, 5.41) is 3.27. The van der Waals surface area contributed by atoms with Crippen molar-refractivity contribution in [3.8, 4) is 11.3 Å². The molecule has 0 spiro atoms. The van der Waals surface area contributed by atoms with Gasteiger partial charge in [-0.1, -0.05) is 30.3 Å². The molecular formula is C19H27N3OS. The van der Waals surface area contributed by atoms with Crippen molar-refractivity contribution in [3.05, 3.63) is 35.7 Å². The number of likely N-dealkylation sites (tertiary alicyclic amines) is 1. The monoisotopic (exact) mass is 345 g/mol. The molecule has 0 amide bonds. The van der Waals surface area contributed by atoms with E-state index in [2.05, 4.69) is 46.5 Å². The Hall–Kier alpha value is -1.43. The number of hydrogen-bond acceptors (Lipinski definition) is 5. The highest BCUT2D eigenvalue weighted by molar-refractivity contribution is 7.14. The molecule has 1 fully saturated rings. The second kappa shape index (κ2) is 8.60. The third kappa shape index (κ3) is 4.56. The average molecular weight is 346 g/mol. The fraction of sp³-hybridized carbons (Fsp3) is 0.526. The van der Waals surface area contributed by atoms with Crippen molar-refractivity contribution in [2.45, 2.75) is 12.8 Å². The summed E-state index contributed by atoms with van der Waals surface area (Å²) >= 11 is 1.74. The van der Waals surface area contributed by atoms with E-state index in [1.165, 1.54) is 31.5 Å². The van der Waals surface area contributed by atoms with E-state index in [1.54, 1.807) is 18.4 Å². The molecule has 24 heavy (non-hydrogen) atoms. The van der Waals surface area contributed by atoms with Crippen LogP contribution in [0.4, 0.5) is 5.13 Å². The van der Waals surface area contributed by atoms with Gasteiger partial charge in [-0.15, -0.1) is 11.3 Å². The zero-order chi connectivity index (χ0) is 16.8. The Morgan fingerprint density at radius 2 is 2.17 bits per heavy atom. The highest BCUT2D eigenvalue weighted by atomic mass is 32.1. The van der Waals surface area contributed by atoms with Gasteiger partial charge in [0.05, 0.1) is 12.3 Å². The summed E-state index contributed by atoms with van der Waals surface area (Å²) in [6.07, 6.45) is 2.60. The first kappa shape index (κ1) is 17.4. The minimum Gasteiger partial charge on any atom is -0.383 e. The van der Waals surface area contributed by atoms with Crippen molar-refractivity contribution < 1.29 is 4.74 Å². The van der Waals surface area contributed by atoms with Crippen LogP contribution >= 0.6 is 11.3 Å². The Morgan fingerprint density at radius 3 is 2.96 bits per heavy atom. The lowest BCUT2D eigenvalue weighted by molar-refractivity contribution is 0.116. The van der Waals surface area contributed by atoms with Crippen LogP contribution in [0.1, 0.15) is 12.8 Å². The number of methoxy groups -OCH3 is 1. The van der Waals surface area contributed by atoms with Gasteiger partial charge < -0.3 is 14.5 Å². The molecule has 1 aromatic heterocycles. The van der Waals surface area contributed by atoms with E-state index in [0.717, 1.165) is 30.5 Å².